The van der Waals surface area contributed by atoms with Crippen LogP contribution in [0.15, 0.2) is 59.5 Å². The summed E-state index contributed by atoms with van der Waals surface area (Å²) < 4.78 is 25.3. The quantitative estimate of drug-likeness (QED) is 0.701. The molecule has 5 nitrogen and oxygen atoms in total. The maximum absolute atomic E-state index is 12.4. The Labute approximate surface area is 159 Å². The molecule has 0 bridgehead atoms. The Bertz CT molecular complexity index is 822. The summed E-state index contributed by atoms with van der Waals surface area (Å²) in [6.07, 6.45) is 3.13. The molecule has 0 fully saturated rings. The summed E-state index contributed by atoms with van der Waals surface area (Å²) in [5.74, 6) is -0.326. The van der Waals surface area contributed by atoms with Crippen molar-refractivity contribution in [1.82, 2.24) is 9.62 Å². The van der Waals surface area contributed by atoms with Crippen molar-refractivity contribution in [1.29, 1.82) is 0 Å². The van der Waals surface area contributed by atoms with E-state index in [4.69, 9.17) is 0 Å². The molecule has 0 aromatic heterocycles. The van der Waals surface area contributed by atoms with Crippen LogP contribution < -0.4 is 5.32 Å². The molecule has 0 saturated heterocycles. The molecule has 140 valence electrons. The van der Waals surface area contributed by atoms with Gasteiger partial charge >= 0.3 is 0 Å². The van der Waals surface area contributed by atoms with Gasteiger partial charge in [-0.25, -0.2) is 8.42 Å². The fraction of sp³-hybridized carbons (Fsp3) is 0.316. The maximum Gasteiger partial charge on any atom is 0.235 e. The minimum absolute atomic E-state index is 0.171. The lowest BCUT2D eigenvalue weighted by Gasteiger charge is -2.21. The smallest absolute Gasteiger partial charge is 0.235 e. The van der Waals surface area contributed by atoms with Gasteiger partial charge in [0.2, 0.25) is 15.9 Å². The zero-order chi connectivity index (χ0) is 19.2. The molecule has 0 unspecified atom stereocenters. The van der Waals surface area contributed by atoms with Crippen LogP contribution >= 0.6 is 11.8 Å². The van der Waals surface area contributed by atoms with Crippen LogP contribution in [0, 0.1) is 0 Å². The predicted molar refractivity (Wildman–Crippen MR) is 106 cm³/mol. The summed E-state index contributed by atoms with van der Waals surface area (Å²) in [5, 5.41) is 2.87. The van der Waals surface area contributed by atoms with Gasteiger partial charge in [0.15, 0.2) is 0 Å². The second-order valence-electron chi connectivity index (χ2n) is 6.08. The third-order valence-electron chi connectivity index (χ3n) is 3.98. The molecule has 2 aromatic rings. The van der Waals surface area contributed by atoms with E-state index in [0.29, 0.717) is 0 Å². The van der Waals surface area contributed by atoms with Gasteiger partial charge in [0.1, 0.15) is 0 Å². The number of thioether (sulfide) groups is 1. The van der Waals surface area contributed by atoms with Crippen LogP contribution in [0.25, 0.3) is 0 Å². The number of amides is 1. The SMILES string of the molecule is CSc1ccc([C@@H](C)NC(=O)CN(Cc2ccccc2)S(C)(=O)=O)cc1. The Morgan fingerprint density at radius 3 is 2.27 bits per heavy atom. The molecular formula is C19H24N2O3S2. The van der Waals surface area contributed by atoms with Gasteiger partial charge in [-0.1, -0.05) is 42.5 Å². The third-order valence-corrected chi connectivity index (χ3v) is 5.92. The van der Waals surface area contributed by atoms with Crippen molar-refractivity contribution in [2.75, 3.05) is 19.1 Å². The number of sulfonamides is 1. The van der Waals surface area contributed by atoms with Crippen molar-refractivity contribution in [2.45, 2.75) is 24.4 Å². The molecule has 7 heteroatoms. The van der Waals surface area contributed by atoms with Crippen LogP contribution in [0.3, 0.4) is 0 Å². The highest BCUT2D eigenvalue weighted by molar-refractivity contribution is 7.98. The van der Waals surface area contributed by atoms with Crippen LogP contribution in [0.4, 0.5) is 0 Å². The molecular weight excluding hydrogens is 368 g/mol. The van der Waals surface area contributed by atoms with Gasteiger partial charge in [0.25, 0.3) is 0 Å². The molecule has 0 aliphatic carbocycles. The number of nitrogens with zero attached hydrogens (tertiary/aromatic N) is 1. The van der Waals surface area contributed by atoms with E-state index < -0.39 is 10.0 Å². The van der Waals surface area contributed by atoms with Gasteiger partial charge in [-0.3, -0.25) is 4.79 Å². The largest absolute Gasteiger partial charge is 0.348 e. The predicted octanol–water partition coefficient (Wildman–Crippen LogP) is 3.05. The first-order chi connectivity index (χ1) is 12.3. The average molecular weight is 393 g/mol. The van der Waals surface area contributed by atoms with E-state index in [1.807, 2.05) is 67.8 Å². The zero-order valence-electron chi connectivity index (χ0n) is 15.2. The molecule has 0 radical (unpaired) electrons. The van der Waals surface area contributed by atoms with E-state index in [1.54, 1.807) is 11.8 Å². The van der Waals surface area contributed by atoms with Crippen LogP contribution in [-0.2, 0) is 21.4 Å². The summed E-state index contributed by atoms with van der Waals surface area (Å²) in [7, 11) is -3.50. The lowest BCUT2D eigenvalue weighted by molar-refractivity contribution is -0.122. The molecule has 2 rings (SSSR count). The number of hydrogen-bond donors (Lipinski definition) is 1. The minimum Gasteiger partial charge on any atom is -0.348 e. The number of carbonyl (C=O) groups is 1. The van der Waals surface area contributed by atoms with E-state index in [2.05, 4.69) is 5.32 Å². The molecule has 0 spiro atoms. The summed E-state index contributed by atoms with van der Waals surface area (Å²) in [6.45, 7) is 1.85. The summed E-state index contributed by atoms with van der Waals surface area (Å²) in [6, 6.07) is 17.0. The van der Waals surface area contributed by atoms with Crippen LogP contribution in [0.2, 0.25) is 0 Å². The fourth-order valence-corrected chi connectivity index (χ4v) is 3.64. The van der Waals surface area contributed by atoms with Crippen molar-refractivity contribution < 1.29 is 13.2 Å². The monoisotopic (exact) mass is 392 g/mol. The van der Waals surface area contributed by atoms with Crippen LogP contribution in [0.5, 0.6) is 0 Å². The van der Waals surface area contributed by atoms with Gasteiger partial charge in [0, 0.05) is 11.4 Å². The highest BCUT2D eigenvalue weighted by Gasteiger charge is 2.21. The van der Waals surface area contributed by atoms with E-state index in [1.165, 1.54) is 4.31 Å². The molecule has 1 atom stereocenters. The molecule has 0 aliphatic rings. The normalized spacial score (nSPS) is 12.8. The molecule has 0 heterocycles. The molecule has 2 aromatic carbocycles. The minimum atomic E-state index is -3.50. The molecule has 1 N–H and O–H groups in total. The van der Waals surface area contributed by atoms with Crippen molar-refractivity contribution in [3.8, 4) is 0 Å². The lowest BCUT2D eigenvalue weighted by atomic mass is 10.1. The number of nitrogens with one attached hydrogen (secondary N) is 1. The van der Waals surface area contributed by atoms with E-state index in [0.717, 1.165) is 22.3 Å². The zero-order valence-corrected chi connectivity index (χ0v) is 16.8. The van der Waals surface area contributed by atoms with Gasteiger partial charge < -0.3 is 5.32 Å². The first-order valence-corrected chi connectivity index (χ1v) is 11.3. The van der Waals surface area contributed by atoms with Crippen molar-refractivity contribution in [2.24, 2.45) is 0 Å². The Morgan fingerprint density at radius 2 is 1.73 bits per heavy atom. The van der Waals surface area contributed by atoms with Crippen molar-refractivity contribution in [3.63, 3.8) is 0 Å². The molecule has 0 aliphatic heterocycles. The maximum atomic E-state index is 12.4. The van der Waals surface area contributed by atoms with Gasteiger partial charge in [-0.2, -0.15) is 4.31 Å². The molecule has 0 saturated carbocycles. The average Bonchev–Trinajstić information content (AvgIpc) is 2.61. The van der Waals surface area contributed by atoms with E-state index in [9.17, 15) is 13.2 Å². The summed E-state index contributed by atoms with van der Waals surface area (Å²) >= 11 is 1.65. The number of benzene rings is 2. The van der Waals surface area contributed by atoms with Gasteiger partial charge in [-0.15, -0.1) is 11.8 Å². The first kappa shape index (κ1) is 20.5. The van der Waals surface area contributed by atoms with Crippen LogP contribution in [-0.4, -0.2) is 37.7 Å². The number of hydrogen-bond acceptors (Lipinski definition) is 4. The Kier molecular flexibility index (Phi) is 7.25. The fourth-order valence-electron chi connectivity index (χ4n) is 2.50. The second-order valence-corrected chi connectivity index (χ2v) is 8.94. The standard InChI is InChI=1S/C19H24N2O3S2/c1-15(17-9-11-18(25-2)12-10-17)20-19(22)14-21(26(3,23)24)13-16-7-5-4-6-8-16/h4-12,15H,13-14H2,1-3H3,(H,20,22)/t15-/m1/s1. The van der Waals surface area contributed by atoms with E-state index >= 15 is 0 Å². The Morgan fingerprint density at radius 1 is 1.12 bits per heavy atom. The molecule has 1 amide bonds. The van der Waals surface area contributed by atoms with Crippen molar-refractivity contribution in [3.05, 3.63) is 65.7 Å². The van der Waals surface area contributed by atoms with E-state index in [-0.39, 0.29) is 25.0 Å². The van der Waals surface area contributed by atoms with Gasteiger partial charge in [0.05, 0.1) is 18.8 Å². The van der Waals surface area contributed by atoms with Gasteiger partial charge in [-0.05, 0) is 36.4 Å². The highest BCUT2D eigenvalue weighted by atomic mass is 32.2. The number of carbonyl (C=O) groups excluding carboxylic acids is 1. The topological polar surface area (TPSA) is 66.5 Å². The second kappa shape index (κ2) is 9.21. The van der Waals surface area contributed by atoms with Crippen molar-refractivity contribution >= 4 is 27.7 Å². The molecule has 26 heavy (non-hydrogen) atoms. The third kappa shape index (κ3) is 6.16. The summed E-state index contributed by atoms with van der Waals surface area (Å²) in [4.78, 5) is 13.5. The van der Waals surface area contributed by atoms with Crippen LogP contribution in [0.1, 0.15) is 24.1 Å². The Hall–Kier alpha value is -1.83. The highest BCUT2D eigenvalue weighted by Crippen LogP contribution is 2.19. The number of rotatable bonds is 8. The summed E-state index contributed by atoms with van der Waals surface area (Å²) in [5.41, 5.74) is 1.82. The lowest BCUT2D eigenvalue weighted by Crippen LogP contribution is -2.40. The Balaban J connectivity index is 2.02. The first-order valence-electron chi connectivity index (χ1n) is 8.22.